The van der Waals surface area contributed by atoms with E-state index in [1.165, 1.54) is 24.8 Å². The van der Waals surface area contributed by atoms with Gasteiger partial charge in [-0.3, -0.25) is 9.59 Å². The number of Topliss-reactive ketones (excluding diaryl/α,β-unsaturated/α-hetero) is 1. The molecule has 5 rings (SSSR count). The van der Waals surface area contributed by atoms with Gasteiger partial charge in [-0.15, -0.1) is 0 Å². The second-order valence-corrected chi connectivity index (χ2v) is 7.63. The number of ether oxygens (including phenoxy) is 1. The molecule has 6 nitrogen and oxygen atoms in total. The van der Waals surface area contributed by atoms with E-state index in [4.69, 9.17) is 20.8 Å². The molecule has 1 N–H and O–H groups in total. The van der Waals surface area contributed by atoms with Crippen molar-refractivity contribution < 1.29 is 23.1 Å². The summed E-state index contributed by atoms with van der Waals surface area (Å²) in [6.45, 7) is -0.110. The van der Waals surface area contributed by atoms with Crippen molar-refractivity contribution in [2.75, 3.05) is 6.61 Å². The van der Waals surface area contributed by atoms with E-state index in [9.17, 15) is 14.0 Å². The van der Waals surface area contributed by atoms with Crippen molar-refractivity contribution in [3.8, 4) is 5.75 Å². The Morgan fingerprint density at radius 3 is 2.77 bits per heavy atom. The number of carbonyl (C=O) groups excluding carboxylic acids is 2. The zero-order chi connectivity index (χ0) is 18.4. The number of amides is 1. The van der Waals surface area contributed by atoms with Crippen molar-refractivity contribution in [2.45, 2.75) is 31.2 Å². The van der Waals surface area contributed by atoms with E-state index in [2.05, 4.69) is 10.3 Å². The summed E-state index contributed by atoms with van der Waals surface area (Å²) >= 11 is 5.61. The fraction of sp³-hybridized carbons (Fsp3) is 0.389. The number of aromatic nitrogens is 1. The van der Waals surface area contributed by atoms with Crippen molar-refractivity contribution in [3.05, 3.63) is 47.4 Å². The summed E-state index contributed by atoms with van der Waals surface area (Å²) < 4.78 is 23.5. The molecule has 2 aromatic rings. The second-order valence-electron chi connectivity index (χ2n) is 7.22. The molecule has 3 saturated carbocycles. The molecule has 0 radical (unpaired) electrons. The molecular formula is C18H16ClFN2O4. The summed E-state index contributed by atoms with van der Waals surface area (Å²) in [6, 6.07) is 4.07. The van der Waals surface area contributed by atoms with Gasteiger partial charge in [0.05, 0.1) is 5.02 Å². The van der Waals surface area contributed by atoms with Gasteiger partial charge in [-0.1, -0.05) is 11.6 Å². The Bertz CT molecular complexity index is 848. The van der Waals surface area contributed by atoms with Crippen molar-refractivity contribution >= 4 is 23.3 Å². The first-order valence-corrected chi connectivity index (χ1v) is 8.57. The van der Waals surface area contributed by atoms with Gasteiger partial charge >= 0.3 is 0 Å². The number of benzene rings is 1. The highest BCUT2D eigenvalue weighted by Gasteiger charge is 2.68. The largest absolute Gasteiger partial charge is 0.486 e. The van der Waals surface area contributed by atoms with Gasteiger partial charge < -0.3 is 14.5 Å². The summed E-state index contributed by atoms with van der Waals surface area (Å²) in [5.41, 5.74) is -0.0253. The molecular weight excluding hydrogens is 363 g/mol. The average molecular weight is 379 g/mol. The van der Waals surface area contributed by atoms with Crippen molar-refractivity contribution in [1.82, 2.24) is 10.3 Å². The van der Waals surface area contributed by atoms with Crippen molar-refractivity contribution in [1.29, 1.82) is 0 Å². The van der Waals surface area contributed by atoms with Gasteiger partial charge in [-0.05, 0) is 36.8 Å². The third-order valence-electron chi connectivity index (χ3n) is 5.05. The van der Waals surface area contributed by atoms with Crippen LogP contribution in [0.4, 0.5) is 4.39 Å². The SMILES string of the molecule is O=C(COc1ccc(Cl)c(F)c1)CC12CC(NC(=O)c3cocn3)(C1)C2. The molecule has 1 aromatic carbocycles. The summed E-state index contributed by atoms with van der Waals surface area (Å²) in [5.74, 6) is -0.613. The predicted molar refractivity (Wildman–Crippen MR) is 89.5 cm³/mol. The lowest BCUT2D eigenvalue weighted by Crippen LogP contribution is -2.75. The number of oxazole rings is 1. The van der Waals surface area contributed by atoms with Gasteiger partial charge in [-0.25, -0.2) is 9.37 Å². The van der Waals surface area contributed by atoms with E-state index >= 15 is 0 Å². The minimum absolute atomic E-state index is 0.00973. The monoisotopic (exact) mass is 378 g/mol. The highest BCUT2D eigenvalue weighted by atomic mass is 35.5. The summed E-state index contributed by atoms with van der Waals surface area (Å²) in [6.07, 6.45) is 5.21. The molecule has 1 heterocycles. The van der Waals surface area contributed by atoms with Crippen LogP contribution >= 0.6 is 11.6 Å². The maximum Gasteiger partial charge on any atom is 0.273 e. The van der Waals surface area contributed by atoms with E-state index in [0.29, 0.717) is 6.42 Å². The number of hydrogen-bond acceptors (Lipinski definition) is 5. The minimum Gasteiger partial charge on any atom is -0.486 e. The van der Waals surface area contributed by atoms with E-state index in [0.717, 1.165) is 25.3 Å². The quantitative estimate of drug-likeness (QED) is 0.800. The Kier molecular flexibility index (Phi) is 3.99. The molecule has 3 aliphatic carbocycles. The number of nitrogens with one attached hydrogen (secondary N) is 1. The number of nitrogens with zero attached hydrogens (tertiary/aromatic N) is 1. The maximum atomic E-state index is 13.4. The molecule has 0 spiro atoms. The lowest BCUT2D eigenvalue weighted by atomic mass is 9.38. The molecule has 0 saturated heterocycles. The molecule has 136 valence electrons. The Labute approximate surface area is 153 Å². The second kappa shape index (κ2) is 6.09. The molecule has 3 aliphatic rings. The third-order valence-corrected chi connectivity index (χ3v) is 5.35. The average Bonchev–Trinajstić information content (AvgIpc) is 3.07. The van der Waals surface area contributed by atoms with Crippen LogP contribution in [0.1, 0.15) is 36.2 Å². The molecule has 8 heteroatoms. The van der Waals surface area contributed by atoms with E-state index in [1.54, 1.807) is 0 Å². The molecule has 3 fully saturated rings. The van der Waals surface area contributed by atoms with E-state index < -0.39 is 5.82 Å². The normalized spacial score (nSPS) is 25.8. The summed E-state index contributed by atoms with van der Waals surface area (Å²) in [5, 5.41) is 2.98. The molecule has 0 atom stereocenters. The van der Waals surface area contributed by atoms with E-state index in [1.807, 2.05) is 0 Å². The Balaban J connectivity index is 1.23. The first-order chi connectivity index (χ1) is 12.4. The van der Waals surface area contributed by atoms with Gasteiger partial charge in [0.15, 0.2) is 17.9 Å². The van der Waals surface area contributed by atoms with Gasteiger partial charge in [0.25, 0.3) is 5.91 Å². The number of rotatable bonds is 7. The summed E-state index contributed by atoms with van der Waals surface area (Å²) in [7, 11) is 0. The van der Waals surface area contributed by atoms with Crippen LogP contribution in [-0.4, -0.2) is 28.8 Å². The lowest BCUT2D eigenvalue weighted by Gasteiger charge is -2.70. The standard InChI is InChI=1S/C18H16ClFN2O4/c19-13-2-1-12(3-14(13)20)26-5-11(23)4-17-7-18(8-17,9-17)22-16(24)15-6-25-10-21-15/h1-3,6,10H,4-5,7-9H2,(H,22,24). The van der Waals surface area contributed by atoms with Gasteiger partial charge in [-0.2, -0.15) is 0 Å². The predicted octanol–water partition coefficient (Wildman–Crippen LogP) is 3.16. The van der Waals surface area contributed by atoms with Crippen LogP contribution in [0, 0.1) is 11.2 Å². The number of carbonyl (C=O) groups is 2. The van der Waals surface area contributed by atoms with Gasteiger partial charge in [0, 0.05) is 18.0 Å². The number of ketones is 1. The number of halogens is 2. The molecule has 1 aromatic heterocycles. The van der Waals surface area contributed by atoms with Crippen LogP contribution in [0.2, 0.25) is 5.02 Å². The molecule has 26 heavy (non-hydrogen) atoms. The topological polar surface area (TPSA) is 81.4 Å². The minimum atomic E-state index is -0.583. The van der Waals surface area contributed by atoms with Crippen LogP contribution in [0.5, 0.6) is 5.75 Å². The highest BCUT2D eigenvalue weighted by molar-refractivity contribution is 6.30. The van der Waals surface area contributed by atoms with E-state index in [-0.39, 0.29) is 45.7 Å². The van der Waals surface area contributed by atoms with Crippen LogP contribution in [0.3, 0.4) is 0 Å². The van der Waals surface area contributed by atoms with Crippen LogP contribution in [-0.2, 0) is 4.79 Å². The van der Waals surface area contributed by atoms with Crippen LogP contribution in [0.25, 0.3) is 0 Å². The number of hydrogen-bond donors (Lipinski definition) is 1. The van der Waals surface area contributed by atoms with Gasteiger partial charge in [0.1, 0.15) is 24.4 Å². The molecule has 0 aliphatic heterocycles. The Hall–Kier alpha value is -2.41. The molecule has 0 unspecified atom stereocenters. The Morgan fingerprint density at radius 1 is 1.35 bits per heavy atom. The maximum absolute atomic E-state index is 13.4. The Morgan fingerprint density at radius 2 is 2.12 bits per heavy atom. The zero-order valence-corrected chi connectivity index (χ0v) is 14.5. The zero-order valence-electron chi connectivity index (χ0n) is 13.8. The smallest absolute Gasteiger partial charge is 0.273 e. The summed E-state index contributed by atoms with van der Waals surface area (Å²) in [4.78, 5) is 28.0. The van der Waals surface area contributed by atoms with Crippen molar-refractivity contribution in [2.24, 2.45) is 5.41 Å². The van der Waals surface area contributed by atoms with Crippen molar-refractivity contribution in [3.63, 3.8) is 0 Å². The van der Waals surface area contributed by atoms with Crippen LogP contribution in [0.15, 0.2) is 35.3 Å². The first kappa shape index (κ1) is 17.0. The molecule has 1 amide bonds. The first-order valence-electron chi connectivity index (χ1n) is 8.19. The molecule has 2 bridgehead atoms. The fourth-order valence-electron chi connectivity index (χ4n) is 4.15. The highest BCUT2D eigenvalue weighted by Crippen LogP contribution is 2.69. The van der Waals surface area contributed by atoms with Gasteiger partial charge in [0.2, 0.25) is 0 Å². The third kappa shape index (κ3) is 3.07. The lowest BCUT2D eigenvalue weighted by molar-refractivity contribution is -0.162. The fourth-order valence-corrected chi connectivity index (χ4v) is 4.27. The van der Waals surface area contributed by atoms with Crippen LogP contribution < -0.4 is 10.1 Å².